The van der Waals surface area contributed by atoms with Crippen LogP contribution in [0.1, 0.15) is 13.0 Å². The largest absolute Gasteiger partial charge is 0.370 e. The highest BCUT2D eigenvalue weighted by Gasteiger charge is 1.88. The van der Waals surface area contributed by atoms with E-state index in [-0.39, 0.29) is 13.4 Å². The number of aliphatic imine (C=N–C) groups is 1. The van der Waals surface area contributed by atoms with Gasteiger partial charge in [-0.15, -0.1) is 0 Å². The third-order valence-corrected chi connectivity index (χ3v) is 1.26. The first-order valence-electron chi connectivity index (χ1n) is 3.35. The molecule has 1 aromatic carbocycles. The van der Waals surface area contributed by atoms with Crippen molar-refractivity contribution in [2.75, 3.05) is 0 Å². The van der Waals surface area contributed by atoms with Crippen molar-refractivity contribution in [3.8, 4) is 0 Å². The first-order chi connectivity index (χ1) is 5.18. The van der Waals surface area contributed by atoms with Gasteiger partial charge in [-0.25, -0.2) is 4.99 Å². The first kappa shape index (κ1) is 10.5. The van der Waals surface area contributed by atoms with E-state index in [1.807, 2.05) is 31.2 Å². The van der Waals surface area contributed by atoms with Crippen molar-refractivity contribution in [2.45, 2.75) is 14.4 Å². The fourth-order valence-electron chi connectivity index (χ4n) is 0.847. The lowest BCUT2D eigenvalue weighted by atomic mass is 10.2. The van der Waals surface area contributed by atoms with Gasteiger partial charge in [0.1, 0.15) is 0 Å². The Hall–Kier alpha value is -1.51. The number of aryl methyl sites for hydroxylation is 1. The Bertz CT molecular complexity index is 275. The third-order valence-electron chi connectivity index (χ3n) is 1.26. The lowest BCUT2D eigenvalue weighted by molar-refractivity contribution is 1.39. The first-order valence-corrected chi connectivity index (χ1v) is 3.35. The molecule has 0 spiro atoms. The molecule has 1 aromatic rings. The van der Waals surface area contributed by atoms with Crippen LogP contribution < -0.4 is 11.5 Å². The average Bonchev–Trinajstić information content (AvgIpc) is 1.85. The summed E-state index contributed by atoms with van der Waals surface area (Å²) in [7, 11) is 0. The van der Waals surface area contributed by atoms with Crippen LogP contribution in [0.4, 0.5) is 5.69 Å². The van der Waals surface area contributed by atoms with Crippen molar-refractivity contribution < 1.29 is 0 Å². The standard InChI is InChI=1S/C8H11N3.CH4/c1-6-3-2-4-7(5-6)11-8(9)10;/h2-5H,1H3,(H4,9,10,11);1H4. The van der Waals surface area contributed by atoms with Crippen molar-refractivity contribution in [3.63, 3.8) is 0 Å². The number of benzene rings is 1. The molecule has 3 heteroatoms. The van der Waals surface area contributed by atoms with Gasteiger partial charge in [-0.3, -0.25) is 0 Å². The van der Waals surface area contributed by atoms with Crippen LogP contribution in [0.25, 0.3) is 0 Å². The van der Waals surface area contributed by atoms with Crippen LogP contribution in [-0.4, -0.2) is 5.96 Å². The van der Waals surface area contributed by atoms with Crippen LogP contribution in [0.5, 0.6) is 0 Å². The number of guanidine groups is 1. The van der Waals surface area contributed by atoms with E-state index in [0.29, 0.717) is 0 Å². The van der Waals surface area contributed by atoms with Gasteiger partial charge in [0, 0.05) is 0 Å². The number of hydrogen-bond donors (Lipinski definition) is 2. The lowest BCUT2D eigenvalue weighted by Crippen LogP contribution is -2.21. The molecule has 0 saturated carbocycles. The van der Waals surface area contributed by atoms with E-state index in [4.69, 9.17) is 11.5 Å². The van der Waals surface area contributed by atoms with E-state index in [0.717, 1.165) is 11.3 Å². The van der Waals surface area contributed by atoms with E-state index < -0.39 is 0 Å². The second-order valence-electron chi connectivity index (χ2n) is 2.38. The Morgan fingerprint density at radius 2 is 2.00 bits per heavy atom. The molecule has 0 aromatic heterocycles. The van der Waals surface area contributed by atoms with E-state index in [2.05, 4.69) is 4.99 Å². The van der Waals surface area contributed by atoms with E-state index in [1.54, 1.807) is 0 Å². The molecule has 0 saturated heterocycles. The van der Waals surface area contributed by atoms with E-state index >= 15 is 0 Å². The summed E-state index contributed by atoms with van der Waals surface area (Å²) in [5.41, 5.74) is 12.3. The van der Waals surface area contributed by atoms with Gasteiger partial charge in [-0.2, -0.15) is 0 Å². The molecule has 0 unspecified atom stereocenters. The highest BCUT2D eigenvalue weighted by atomic mass is 15.0. The van der Waals surface area contributed by atoms with Crippen LogP contribution in [0.15, 0.2) is 29.3 Å². The summed E-state index contributed by atoms with van der Waals surface area (Å²) in [6, 6.07) is 7.68. The number of nitrogens with zero attached hydrogens (tertiary/aromatic N) is 1. The van der Waals surface area contributed by atoms with Gasteiger partial charge in [0.15, 0.2) is 5.96 Å². The molecule has 66 valence electrons. The number of rotatable bonds is 1. The van der Waals surface area contributed by atoms with Gasteiger partial charge in [0.05, 0.1) is 5.69 Å². The van der Waals surface area contributed by atoms with Crippen LogP contribution in [0.3, 0.4) is 0 Å². The van der Waals surface area contributed by atoms with Crippen molar-refractivity contribution >= 4 is 11.6 Å². The summed E-state index contributed by atoms with van der Waals surface area (Å²) in [5.74, 6) is 0.0931. The number of nitrogens with two attached hydrogens (primary N) is 2. The SMILES string of the molecule is C.Cc1cccc(N=C(N)N)c1. The fraction of sp³-hybridized carbons (Fsp3) is 0.222. The Morgan fingerprint density at radius 3 is 2.50 bits per heavy atom. The minimum Gasteiger partial charge on any atom is -0.370 e. The van der Waals surface area contributed by atoms with E-state index in [1.165, 1.54) is 0 Å². The summed E-state index contributed by atoms with van der Waals surface area (Å²) in [5, 5.41) is 0. The molecule has 12 heavy (non-hydrogen) atoms. The Labute approximate surface area is 73.1 Å². The number of hydrogen-bond acceptors (Lipinski definition) is 1. The topological polar surface area (TPSA) is 64.4 Å². The Balaban J connectivity index is 0.00000121. The van der Waals surface area contributed by atoms with E-state index in [9.17, 15) is 0 Å². The zero-order valence-corrected chi connectivity index (χ0v) is 6.41. The second kappa shape index (κ2) is 4.38. The molecule has 0 radical (unpaired) electrons. The van der Waals surface area contributed by atoms with Crippen molar-refractivity contribution in [1.82, 2.24) is 0 Å². The molecule has 4 N–H and O–H groups in total. The van der Waals surface area contributed by atoms with Crippen molar-refractivity contribution in [1.29, 1.82) is 0 Å². The van der Waals surface area contributed by atoms with Crippen molar-refractivity contribution in [3.05, 3.63) is 29.8 Å². The monoisotopic (exact) mass is 165 g/mol. The molecule has 0 fully saturated rings. The van der Waals surface area contributed by atoms with Gasteiger partial charge in [0.25, 0.3) is 0 Å². The molecular weight excluding hydrogens is 150 g/mol. The van der Waals surface area contributed by atoms with Crippen LogP contribution in [0, 0.1) is 6.92 Å². The molecule has 0 aliphatic rings. The molecule has 1 rings (SSSR count). The summed E-state index contributed by atoms with van der Waals surface area (Å²) >= 11 is 0. The van der Waals surface area contributed by atoms with Crippen molar-refractivity contribution in [2.24, 2.45) is 16.5 Å². The normalized spacial score (nSPS) is 8.42. The predicted octanol–water partition coefficient (Wildman–Crippen LogP) is 1.54. The Morgan fingerprint density at radius 1 is 1.33 bits per heavy atom. The minimum atomic E-state index is 0. The average molecular weight is 165 g/mol. The van der Waals surface area contributed by atoms with Gasteiger partial charge < -0.3 is 11.5 Å². The molecule has 0 aliphatic heterocycles. The van der Waals surface area contributed by atoms with Crippen LogP contribution in [0.2, 0.25) is 0 Å². The maximum atomic E-state index is 5.20. The quantitative estimate of drug-likeness (QED) is 0.489. The highest BCUT2D eigenvalue weighted by Crippen LogP contribution is 2.12. The van der Waals surface area contributed by atoms with Gasteiger partial charge in [-0.1, -0.05) is 19.6 Å². The highest BCUT2D eigenvalue weighted by molar-refractivity contribution is 5.78. The predicted molar refractivity (Wildman–Crippen MR) is 53.4 cm³/mol. The molecule has 0 heterocycles. The summed E-state index contributed by atoms with van der Waals surface area (Å²) < 4.78 is 0. The molecule has 0 amide bonds. The van der Waals surface area contributed by atoms with Crippen LogP contribution in [-0.2, 0) is 0 Å². The second-order valence-corrected chi connectivity index (χ2v) is 2.38. The Kier molecular flexibility index (Phi) is 3.83. The van der Waals surface area contributed by atoms with Gasteiger partial charge >= 0.3 is 0 Å². The summed E-state index contributed by atoms with van der Waals surface area (Å²) in [6.45, 7) is 1.99. The van der Waals surface area contributed by atoms with Gasteiger partial charge in [-0.05, 0) is 24.6 Å². The van der Waals surface area contributed by atoms with Crippen LogP contribution >= 0.6 is 0 Å². The summed E-state index contributed by atoms with van der Waals surface area (Å²) in [6.07, 6.45) is 0. The lowest BCUT2D eigenvalue weighted by Gasteiger charge is -1.95. The molecule has 0 atom stereocenters. The fourth-order valence-corrected chi connectivity index (χ4v) is 0.847. The molecule has 0 bridgehead atoms. The molecular formula is C9H15N3. The van der Waals surface area contributed by atoms with Gasteiger partial charge in [0.2, 0.25) is 0 Å². The molecule has 3 nitrogen and oxygen atoms in total. The minimum absolute atomic E-state index is 0. The maximum Gasteiger partial charge on any atom is 0.191 e. The summed E-state index contributed by atoms with van der Waals surface area (Å²) in [4.78, 5) is 3.89. The molecule has 0 aliphatic carbocycles. The smallest absolute Gasteiger partial charge is 0.191 e. The third kappa shape index (κ3) is 3.05. The zero-order chi connectivity index (χ0) is 8.27. The maximum absolute atomic E-state index is 5.20. The zero-order valence-electron chi connectivity index (χ0n) is 6.41.